The van der Waals surface area contributed by atoms with Gasteiger partial charge in [0.05, 0.1) is 35.6 Å². The first-order chi connectivity index (χ1) is 22.6. The van der Waals surface area contributed by atoms with E-state index in [-0.39, 0.29) is 24.3 Å². The predicted molar refractivity (Wildman–Crippen MR) is 205 cm³/mol. The molecule has 0 spiro atoms. The lowest BCUT2D eigenvalue weighted by molar-refractivity contribution is -0.138. The molecule has 1 aliphatic heterocycles. The third kappa shape index (κ3) is 7.35. The van der Waals surface area contributed by atoms with Gasteiger partial charge in [-0.2, -0.15) is 0 Å². The fourth-order valence-electron chi connectivity index (χ4n) is 5.14. The minimum absolute atomic E-state index is 0.173. The van der Waals surface area contributed by atoms with E-state index in [0.29, 0.717) is 41.4 Å². The molecule has 6 rings (SSSR count). The van der Waals surface area contributed by atoms with Gasteiger partial charge in [0.2, 0.25) is 0 Å². The van der Waals surface area contributed by atoms with Crippen LogP contribution in [0.1, 0.15) is 35.2 Å². The number of carbonyl (C=O) groups is 1. The van der Waals surface area contributed by atoms with Crippen molar-refractivity contribution in [1.82, 2.24) is 4.57 Å². The first kappa shape index (κ1) is 34.2. The monoisotopic (exact) mass is 926 g/mol. The van der Waals surface area contributed by atoms with Gasteiger partial charge >= 0.3 is 5.97 Å². The average Bonchev–Trinajstić information content (AvgIpc) is 3.35. The Labute approximate surface area is 316 Å². The number of halogens is 5. The molecule has 2 heterocycles. The number of nitrogens with zero attached hydrogens (tertiary/aromatic N) is 2. The molecule has 1 aromatic heterocycles. The fraction of sp³-hybridized carbons (Fsp3) is 0.114. The van der Waals surface area contributed by atoms with Gasteiger partial charge in [-0.25, -0.2) is 9.79 Å². The molecular weight excluding hydrogens is 905 g/mol. The predicted octanol–water partition coefficient (Wildman–Crippen LogP) is 8.68. The highest BCUT2D eigenvalue weighted by Crippen LogP contribution is 2.36. The Morgan fingerprint density at radius 2 is 1.64 bits per heavy atom. The van der Waals surface area contributed by atoms with Crippen LogP contribution in [0.15, 0.2) is 100 Å². The minimum Gasteiger partial charge on any atom is -0.487 e. The lowest BCUT2D eigenvalue weighted by Gasteiger charge is -2.25. The Balaban J connectivity index is 1.46. The molecule has 0 N–H and O–H groups in total. The average molecular weight is 928 g/mol. The van der Waals surface area contributed by atoms with Gasteiger partial charge in [0.15, 0.2) is 4.80 Å². The highest BCUT2D eigenvalue weighted by molar-refractivity contribution is 14.1. The van der Waals surface area contributed by atoms with Gasteiger partial charge in [-0.3, -0.25) is 9.36 Å². The van der Waals surface area contributed by atoms with E-state index in [2.05, 4.69) is 45.2 Å². The number of hydrogen-bond donors (Lipinski definition) is 0. The van der Waals surface area contributed by atoms with Crippen molar-refractivity contribution in [2.24, 2.45) is 4.99 Å². The van der Waals surface area contributed by atoms with E-state index in [4.69, 9.17) is 49.3 Å². The van der Waals surface area contributed by atoms with Crippen LogP contribution in [0.5, 0.6) is 5.75 Å². The maximum atomic E-state index is 14.2. The lowest BCUT2D eigenvalue weighted by atomic mass is 9.93. The van der Waals surface area contributed by atoms with E-state index >= 15 is 0 Å². The molecule has 0 saturated heterocycles. The van der Waals surface area contributed by atoms with E-state index in [1.807, 2.05) is 66.7 Å². The van der Waals surface area contributed by atoms with Crippen molar-refractivity contribution >= 4 is 109 Å². The maximum absolute atomic E-state index is 14.2. The van der Waals surface area contributed by atoms with Crippen LogP contribution in [0.25, 0.3) is 11.8 Å². The number of benzene rings is 4. The molecule has 0 unspecified atom stereocenters. The molecule has 0 bridgehead atoms. The second-order valence-corrected chi connectivity index (χ2v) is 14.9. The highest BCUT2D eigenvalue weighted by atomic mass is 127. The molecule has 47 heavy (non-hydrogen) atoms. The highest BCUT2D eigenvalue weighted by Gasteiger charge is 2.35. The zero-order chi connectivity index (χ0) is 33.2. The standard InChI is InChI=1S/C35H23Cl3I2N2O4S/c1-2-45-34(44)29-30(20-6-4-3-5-7-20)41-35-42(31(29)21-8-11-23(36)12-9-21)33(43)28(47-35)16-19-14-26(39)32(27(40)15-19)46-18-22-10-13-24(37)17-25(22)38/h3-17,31H,2,18H2,1H3/b28-16-/t31-/m1/s1. The number of esters is 1. The van der Waals surface area contributed by atoms with Gasteiger partial charge in [-0.1, -0.05) is 94.7 Å². The molecule has 1 atom stereocenters. The van der Waals surface area contributed by atoms with E-state index in [1.54, 1.807) is 35.8 Å². The van der Waals surface area contributed by atoms with Crippen LogP contribution in [0.4, 0.5) is 0 Å². The van der Waals surface area contributed by atoms with Gasteiger partial charge in [-0.15, -0.1) is 0 Å². The Morgan fingerprint density at radius 3 is 2.30 bits per heavy atom. The largest absolute Gasteiger partial charge is 0.487 e. The molecule has 238 valence electrons. The van der Waals surface area contributed by atoms with E-state index in [1.165, 1.54) is 11.3 Å². The van der Waals surface area contributed by atoms with Crippen LogP contribution in [0.3, 0.4) is 0 Å². The van der Waals surface area contributed by atoms with Crippen LogP contribution in [0, 0.1) is 7.14 Å². The number of rotatable bonds is 8. The Hall–Kier alpha value is -2.68. The van der Waals surface area contributed by atoms with Crippen LogP contribution >= 0.6 is 91.3 Å². The summed E-state index contributed by atoms with van der Waals surface area (Å²) in [5.74, 6) is 0.175. The van der Waals surface area contributed by atoms with Crippen molar-refractivity contribution in [3.05, 3.63) is 155 Å². The molecular formula is C35H23Cl3I2N2O4S. The van der Waals surface area contributed by atoms with Gasteiger partial charge in [0.1, 0.15) is 12.4 Å². The van der Waals surface area contributed by atoms with E-state index < -0.39 is 12.0 Å². The van der Waals surface area contributed by atoms with Crippen LogP contribution < -0.4 is 19.6 Å². The van der Waals surface area contributed by atoms with Crippen LogP contribution in [-0.2, 0) is 16.1 Å². The van der Waals surface area contributed by atoms with E-state index in [0.717, 1.165) is 23.8 Å². The van der Waals surface area contributed by atoms with Crippen molar-refractivity contribution in [3.63, 3.8) is 0 Å². The fourth-order valence-corrected chi connectivity index (χ4v) is 8.86. The topological polar surface area (TPSA) is 69.9 Å². The second-order valence-electron chi connectivity index (χ2n) is 10.3. The molecule has 0 fully saturated rings. The number of thiazole rings is 1. The smallest absolute Gasteiger partial charge is 0.338 e. The molecule has 0 aliphatic carbocycles. The molecule has 0 saturated carbocycles. The third-order valence-electron chi connectivity index (χ3n) is 7.26. The SMILES string of the molecule is CCOC(=O)C1=C(c2ccccc2)N=c2s/c(=C\c3cc(I)c(OCc4ccc(Cl)cc4Cl)c(I)c3)c(=O)n2[C@@H]1c1ccc(Cl)cc1. The van der Waals surface area contributed by atoms with Crippen LogP contribution in [0.2, 0.25) is 15.1 Å². The quantitative estimate of drug-likeness (QED) is 0.116. The lowest BCUT2D eigenvalue weighted by Crippen LogP contribution is -2.40. The second kappa shape index (κ2) is 14.8. The van der Waals surface area contributed by atoms with Gasteiger partial charge in [0.25, 0.3) is 5.56 Å². The molecule has 5 aromatic rings. The molecule has 0 amide bonds. The summed E-state index contributed by atoms with van der Waals surface area (Å²) in [5.41, 5.74) is 3.56. The molecule has 4 aromatic carbocycles. The van der Waals surface area contributed by atoms with Crippen molar-refractivity contribution in [3.8, 4) is 5.75 Å². The Morgan fingerprint density at radius 1 is 0.957 bits per heavy atom. The van der Waals surface area contributed by atoms with Gasteiger partial charge in [-0.05, 0) is 106 Å². The number of ether oxygens (including phenoxy) is 2. The van der Waals surface area contributed by atoms with Crippen molar-refractivity contribution in [1.29, 1.82) is 0 Å². The molecule has 6 nitrogen and oxygen atoms in total. The molecule has 12 heteroatoms. The van der Waals surface area contributed by atoms with E-state index in [9.17, 15) is 9.59 Å². The first-order valence-corrected chi connectivity index (χ1v) is 18.3. The summed E-state index contributed by atoms with van der Waals surface area (Å²) in [6.07, 6.45) is 1.84. The Bertz CT molecular complexity index is 2200. The molecule has 0 radical (unpaired) electrons. The third-order valence-corrected chi connectivity index (χ3v) is 10.7. The normalized spacial score (nSPS) is 14.5. The number of fused-ring (bicyclic) bond motifs is 1. The summed E-state index contributed by atoms with van der Waals surface area (Å²) < 4.78 is 15.5. The maximum Gasteiger partial charge on any atom is 0.338 e. The van der Waals surface area contributed by atoms with Crippen LogP contribution in [-0.4, -0.2) is 17.1 Å². The summed E-state index contributed by atoms with van der Waals surface area (Å²) in [5, 5.41) is 1.64. The van der Waals surface area contributed by atoms with Crippen molar-refractivity contribution < 1.29 is 14.3 Å². The summed E-state index contributed by atoms with van der Waals surface area (Å²) in [7, 11) is 0. The summed E-state index contributed by atoms with van der Waals surface area (Å²) >= 11 is 24.3. The van der Waals surface area contributed by atoms with Crippen molar-refractivity contribution in [2.75, 3.05) is 6.61 Å². The van der Waals surface area contributed by atoms with Gasteiger partial charge < -0.3 is 9.47 Å². The zero-order valence-electron chi connectivity index (χ0n) is 24.5. The Kier molecular flexibility index (Phi) is 10.8. The van der Waals surface area contributed by atoms with Crippen molar-refractivity contribution in [2.45, 2.75) is 19.6 Å². The molecule has 1 aliphatic rings. The number of carbonyl (C=O) groups excluding carboxylic acids is 1. The number of aromatic nitrogens is 1. The summed E-state index contributed by atoms with van der Waals surface area (Å²) in [6.45, 7) is 2.20. The first-order valence-electron chi connectivity index (χ1n) is 14.2. The summed E-state index contributed by atoms with van der Waals surface area (Å²) in [6, 6.07) is 25.0. The van der Waals surface area contributed by atoms with Gasteiger partial charge in [0, 0.05) is 26.2 Å². The zero-order valence-corrected chi connectivity index (χ0v) is 31.9. The summed E-state index contributed by atoms with van der Waals surface area (Å²) in [4.78, 5) is 33.2. The number of hydrogen-bond acceptors (Lipinski definition) is 6. The minimum atomic E-state index is -0.782.